The van der Waals surface area contributed by atoms with Gasteiger partial charge in [0.05, 0.1) is 40.4 Å². The maximum absolute atomic E-state index is 13.1. The third-order valence-electron chi connectivity index (χ3n) is 6.65. The van der Waals surface area contributed by atoms with Crippen LogP contribution in [0.1, 0.15) is 18.9 Å². The molecule has 1 fully saturated rings. The molecule has 0 atom stereocenters. The molecule has 5 aromatic rings. The maximum atomic E-state index is 13.1. The molecule has 1 aromatic carbocycles. The number of H-pyrrole nitrogens is 2. The second-order valence-electron chi connectivity index (χ2n) is 8.86. The average molecular weight is 470 g/mol. The molecule has 0 unspecified atom stereocenters. The Balaban J connectivity index is 1.52. The SMILES string of the molecule is NC(=O)CN1CCC(n2c(=O)[nH]c(=O)c3cnc4ccc(-c5ccc6[nH]ncc6c5)nc4c32)CC1. The average Bonchev–Trinajstić information content (AvgIpc) is 3.32. The Hall–Kier alpha value is -4.38. The van der Waals surface area contributed by atoms with Crippen LogP contribution in [0.15, 0.2) is 52.3 Å². The smallest absolute Gasteiger partial charge is 0.329 e. The Kier molecular flexibility index (Phi) is 4.92. The van der Waals surface area contributed by atoms with Crippen molar-refractivity contribution in [2.24, 2.45) is 5.73 Å². The van der Waals surface area contributed by atoms with E-state index < -0.39 is 11.2 Å². The van der Waals surface area contributed by atoms with Gasteiger partial charge < -0.3 is 5.73 Å². The van der Waals surface area contributed by atoms with Gasteiger partial charge in [0, 0.05) is 36.3 Å². The number of amides is 1. The van der Waals surface area contributed by atoms with Gasteiger partial charge in [-0.3, -0.25) is 34.1 Å². The number of carbonyl (C=O) groups excluding carboxylic acids is 1. The second kappa shape index (κ2) is 8.13. The van der Waals surface area contributed by atoms with Crippen LogP contribution in [0.3, 0.4) is 0 Å². The fourth-order valence-corrected chi connectivity index (χ4v) is 4.96. The summed E-state index contributed by atoms with van der Waals surface area (Å²) in [7, 11) is 0. The van der Waals surface area contributed by atoms with Crippen LogP contribution in [0.2, 0.25) is 0 Å². The molecule has 0 bridgehead atoms. The van der Waals surface area contributed by atoms with E-state index in [2.05, 4.69) is 20.2 Å². The van der Waals surface area contributed by atoms with E-state index in [1.807, 2.05) is 35.2 Å². The van der Waals surface area contributed by atoms with Crippen LogP contribution in [0.4, 0.5) is 0 Å². The van der Waals surface area contributed by atoms with E-state index in [4.69, 9.17) is 10.7 Å². The summed E-state index contributed by atoms with van der Waals surface area (Å²) in [6.45, 7) is 1.42. The van der Waals surface area contributed by atoms with E-state index in [1.165, 1.54) is 6.20 Å². The van der Waals surface area contributed by atoms with Crippen molar-refractivity contribution < 1.29 is 4.79 Å². The third kappa shape index (κ3) is 3.66. The molecule has 1 amide bonds. The number of carbonyl (C=O) groups is 1. The van der Waals surface area contributed by atoms with Crippen LogP contribution in [0, 0.1) is 0 Å². The molecule has 35 heavy (non-hydrogen) atoms. The van der Waals surface area contributed by atoms with Crippen LogP contribution >= 0.6 is 0 Å². The number of aromatic amines is 2. The quantitative estimate of drug-likeness (QED) is 0.334. The van der Waals surface area contributed by atoms with E-state index in [9.17, 15) is 14.4 Å². The number of likely N-dealkylation sites (tertiary alicyclic amines) is 1. The first-order valence-corrected chi connectivity index (χ1v) is 11.4. The summed E-state index contributed by atoms with van der Waals surface area (Å²) >= 11 is 0. The predicted molar refractivity (Wildman–Crippen MR) is 131 cm³/mol. The van der Waals surface area contributed by atoms with Crippen LogP contribution in [-0.4, -0.2) is 60.2 Å². The highest BCUT2D eigenvalue weighted by Gasteiger charge is 2.25. The number of fused-ring (bicyclic) bond motifs is 4. The summed E-state index contributed by atoms with van der Waals surface area (Å²) in [6, 6.07) is 9.43. The van der Waals surface area contributed by atoms with Gasteiger partial charge in [0.2, 0.25) is 5.91 Å². The number of pyridine rings is 2. The highest BCUT2D eigenvalue weighted by atomic mass is 16.2. The van der Waals surface area contributed by atoms with Gasteiger partial charge in [0.25, 0.3) is 5.56 Å². The van der Waals surface area contributed by atoms with E-state index in [0.717, 1.165) is 16.5 Å². The van der Waals surface area contributed by atoms with E-state index in [1.54, 1.807) is 10.8 Å². The molecule has 1 saturated heterocycles. The van der Waals surface area contributed by atoms with Gasteiger partial charge in [0.15, 0.2) is 0 Å². The lowest BCUT2D eigenvalue weighted by molar-refractivity contribution is -0.119. The largest absolute Gasteiger partial charge is 0.369 e. The highest BCUT2D eigenvalue weighted by molar-refractivity contribution is 6.01. The molecule has 0 radical (unpaired) electrons. The maximum Gasteiger partial charge on any atom is 0.329 e. The third-order valence-corrected chi connectivity index (χ3v) is 6.65. The zero-order valence-electron chi connectivity index (χ0n) is 18.7. The van der Waals surface area contributed by atoms with Crippen molar-refractivity contribution in [3.8, 4) is 11.3 Å². The van der Waals surface area contributed by atoms with Gasteiger partial charge in [-0.25, -0.2) is 9.78 Å². The van der Waals surface area contributed by atoms with Gasteiger partial charge in [-0.2, -0.15) is 5.10 Å². The summed E-state index contributed by atoms with van der Waals surface area (Å²) in [6.07, 6.45) is 4.51. The molecule has 1 aliphatic heterocycles. The van der Waals surface area contributed by atoms with Crippen molar-refractivity contribution in [3.63, 3.8) is 0 Å². The van der Waals surface area contributed by atoms with Gasteiger partial charge in [-0.1, -0.05) is 6.07 Å². The molecule has 5 heterocycles. The lowest BCUT2D eigenvalue weighted by Gasteiger charge is -2.32. The van der Waals surface area contributed by atoms with Crippen molar-refractivity contribution in [2.75, 3.05) is 19.6 Å². The van der Waals surface area contributed by atoms with Crippen LogP contribution in [0.5, 0.6) is 0 Å². The molecule has 0 saturated carbocycles. The molecule has 11 heteroatoms. The van der Waals surface area contributed by atoms with Crippen molar-refractivity contribution in [1.29, 1.82) is 0 Å². The fraction of sp³-hybridized carbons (Fsp3) is 0.250. The molecule has 6 rings (SSSR count). The molecule has 1 aliphatic rings. The molecule has 4 N–H and O–H groups in total. The summed E-state index contributed by atoms with van der Waals surface area (Å²) in [5.41, 5.74) is 8.44. The minimum absolute atomic E-state index is 0.163. The fourth-order valence-electron chi connectivity index (χ4n) is 4.96. The predicted octanol–water partition coefficient (Wildman–Crippen LogP) is 1.30. The Morgan fingerprint density at radius 2 is 1.94 bits per heavy atom. The lowest BCUT2D eigenvalue weighted by Crippen LogP contribution is -2.42. The zero-order valence-corrected chi connectivity index (χ0v) is 18.7. The number of rotatable bonds is 4. The van der Waals surface area contributed by atoms with Gasteiger partial charge in [0.1, 0.15) is 5.52 Å². The number of nitrogens with two attached hydrogens (primary N) is 1. The van der Waals surface area contributed by atoms with E-state index in [0.29, 0.717) is 53.6 Å². The lowest BCUT2D eigenvalue weighted by atomic mass is 10.0. The first kappa shape index (κ1) is 21.2. The molecular formula is C24H22N8O3. The molecular weight excluding hydrogens is 448 g/mol. The Morgan fingerprint density at radius 3 is 2.74 bits per heavy atom. The van der Waals surface area contributed by atoms with E-state index in [-0.39, 0.29) is 18.5 Å². The number of primary amides is 1. The van der Waals surface area contributed by atoms with Gasteiger partial charge in [-0.15, -0.1) is 0 Å². The number of benzene rings is 1. The van der Waals surface area contributed by atoms with Crippen molar-refractivity contribution in [2.45, 2.75) is 18.9 Å². The Morgan fingerprint density at radius 1 is 1.11 bits per heavy atom. The van der Waals surface area contributed by atoms with Crippen LogP contribution < -0.4 is 17.0 Å². The van der Waals surface area contributed by atoms with Crippen molar-refractivity contribution in [3.05, 3.63) is 63.6 Å². The summed E-state index contributed by atoms with van der Waals surface area (Å²) in [5.74, 6) is -0.377. The van der Waals surface area contributed by atoms with E-state index >= 15 is 0 Å². The standard InChI is InChI=1S/C24H22N8O3/c25-20(33)12-31-7-5-15(6-8-31)32-22-16(23(34)29-24(32)35)11-26-19-4-3-17(28-21(19)22)13-1-2-18-14(9-13)10-27-30-18/h1-4,9-11,15H,5-8,12H2,(H2,25,33)(H,27,30)(H,29,34,35). The minimum atomic E-state index is -0.492. The highest BCUT2D eigenvalue weighted by Crippen LogP contribution is 2.29. The molecule has 11 nitrogen and oxygen atoms in total. The number of aromatic nitrogens is 6. The van der Waals surface area contributed by atoms with Crippen molar-refractivity contribution in [1.82, 2.24) is 34.6 Å². The number of nitrogens with one attached hydrogen (secondary N) is 2. The number of hydrogen-bond donors (Lipinski definition) is 3. The molecule has 0 spiro atoms. The Labute approximate surface area is 197 Å². The normalized spacial score (nSPS) is 15.3. The summed E-state index contributed by atoms with van der Waals surface area (Å²) in [4.78, 5) is 50.8. The van der Waals surface area contributed by atoms with Crippen LogP contribution in [0.25, 0.3) is 44.1 Å². The topological polar surface area (TPSA) is 156 Å². The minimum Gasteiger partial charge on any atom is -0.369 e. The van der Waals surface area contributed by atoms with Crippen molar-refractivity contribution >= 4 is 38.7 Å². The number of nitrogens with zero attached hydrogens (tertiary/aromatic N) is 5. The molecule has 0 aliphatic carbocycles. The first-order valence-electron chi connectivity index (χ1n) is 11.4. The summed E-state index contributed by atoms with van der Waals surface area (Å²) in [5, 5.41) is 8.27. The van der Waals surface area contributed by atoms with Crippen LogP contribution in [-0.2, 0) is 4.79 Å². The molecule has 176 valence electrons. The second-order valence-corrected chi connectivity index (χ2v) is 8.86. The Bertz CT molecular complexity index is 1730. The van der Waals surface area contributed by atoms with Gasteiger partial charge >= 0.3 is 5.69 Å². The number of hydrogen-bond acceptors (Lipinski definition) is 7. The zero-order chi connectivity index (χ0) is 24.1. The number of piperidine rings is 1. The monoisotopic (exact) mass is 470 g/mol. The summed E-state index contributed by atoms with van der Waals surface area (Å²) < 4.78 is 1.64. The molecule has 4 aromatic heterocycles. The first-order chi connectivity index (χ1) is 17.0. The van der Waals surface area contributed by atoms with Gasteiger partial charge in [-0.05, 0) is 37.1 Å².